The van der Waals surface area contributed by atoms with Gasteiger partial charge in [-0.25, -0.2) is 0 Å². The fourth-order valence-electron chi connectivity index (χ4n) is 1.78. The Morgan fingerprint density at radius 3 is 0.900 bits per heavy atom. The highest BCUT2D eigenvalue weighted by Gasteiger charge is 2.37. The van der Waals surface area contributed by atoms with Gasteiger partial charge in [0.25, 0.3) is 0 Å². The van der Waals surface area contributed by atoms with Crippen molar-refractivity contribution in [3.05, 3.63) is 0 Å². The van der Waals surface area contributed by atoms with E-state index >= 15 is 0 Å². The predicted octanol–water partition coefficient (Wildman–Crippen LogP) is 5.59. The molecule has 0 bridgehead atoms. The zero-order valence-corrected chi connectivity index (χ0v) is 15.7. The van der Waals surface area contributed by atoms with Gasteiger partial charge in [0.15, 0.2) is 18.1 Å². The molecule has 0 radical (unpaired) electrons. The Hall–Kier alpha value is 0.748. The van der Waals surface area contributed by atoms with E-state index in [1.165, 1.54) is 0 Å². The molecule has 0 aliphatic rings. The fourth-order valence-corrected chi connectivity index (χ4v) is 16.8. The van der Waals surface area contributed by atoms with Gasteiger partial charge in [-0.3, -0.25) is 0 Å². The Morgan fingerprint density at radius 2 is 0.750 bits per heavy atom. The first-order valence-corrected chi connectivity index (χ1v) is 16.8. The predicted molar refractivity (Wildman–Crippen MR) is 110 cm³/mol. The van der Waals surface area contributed by atoms with E-state index in [-0.39, 0.29) is 37.1 Å². The van der Waals surface area contributed by atoms with Crippen molar-refractivity contribution in [1.29, 1.82) is 0 Å². The summed E-state index contributed by atoms with van der Waals surface area (Å²) < 4.78 is 18.1. The molecule has 20 heavy (non-hydrogen) atoms. The molecular weight excluding hydrogens is 316 g/mol. The van der Waals surface area contributed by atoms with Crippen LogP contribution in [0.2, 0.25) is 52.4 Å². The lowest BCUT2D eigenvalue weighted by atomic mass is 11.9. The van der Waals surface area contributed by atoms with Crippen LogP contribution in [0.5, 0.6) is 0 Å². The molecule has 0 fully saturated rings. The van der Waals surface area contributed by atoms with Gasteiger partial charge in [-0.05, 0) is 52.4 Å². The molecule has 0 aromatic carbocycles. The zero-order valence-electron chi connectivity index (χ0n) is 11.4. The van der Waals surface area contributed by atoms with E-state index in [0.29, 0.717) is 0 Å². The summed E-state index contributed by atoms with van der Waals surface area (Å²) in [4.78, 5) is 0. The summed E-state index contributed by atoms with van der Waals surface area (Å²) in [5.41, 5.74) is 0. The van der Waals surface area contributed by atoms with E-state index in [1.807, 2.05) is 0 Å². The van der Waals surface area contributed by atoms with Crippen LogP contribution >= 0.6 is 0 Å². The Labute approximate surface area is 137 Å². The highest BCUT2D eigenvalue weighted by atomic mass is 28.5. The first-order chi connectivity index (χ1) is 6.54. The van der Waals surface area contributed by atoms with Crippen LogP contribution in [0.15, 0.2) is 0 Å². The molecule has 3 nitrogen and oxygen atoms in total. The monoisotopic (exact) mass is 362 g/mol. The molecule has 0 N–H and O–H groups in total. The third kappa shape index (κ3) is 21.1. The van der Waals surface area contributed by atoms with Gasteiger partial charge >= 0.3 is 17.1 Å². The van der Waals surface area contributed by atoms with Crippen molar-refractivity contribution in [2.24, 2.45) is 0 Å². The van der Waals surface area contributed by atoms with Crippen LogP contribution in [0.3, 0.4) is 0 Å². The summed E-state index contributed by atoms with van der Waals surface area (Å²) in [6, 6.07) is 0. The molecule has 0 amide bonds. The lowest BCUT2D eigenvalue weighted by Gasteiger charge is -2.35. The Kier molecular flexibility index (Phi) is 27.3. The normalized spacial score (nSPS) is 10.5. The first kappa shape index (κ1) is 37.2. The van der Waals surface area contributed by atoms with Gasteiger partial charge in [-0.15, -0.1) is 0 Å². The molecule has 0 spiro atoms. The van der Waals surface area contributed by atoms with Crippen LogP contribution in [0.25, 0.3) is 0 Å². The molecule has 7 heteroatoms. The maximum absolute atomic E-state index is 6.15. The van der Waals surface area contributed by atoms with Crippen molar-refractivity contribution in [3.63, 3.8) is 0 Å². The van der Waals surface area contributed by atoms with E-state index in [1.54, 1.807) is 0 Å². The van der Waals surface area contributed by atoms with Crippen LogP contribution in [-0.2, 0) is 12.3 Å². The average Bonchev–Trinajstić information content (AvgIpc) is 1.73. The van der Waals surface area contributed by atoms with Crippen molar-refractivity contribution in [3.8, 4) is 0 Å². The number of rotatable bonds is 6. The van der Waals surface area contributed by atoms with E-state index in [9.17, 15) is 0 Å². The van der Waals surface area contributed by atoms with Gasteiger partial charge in [-0.2, -0.15) is 0 Å². The van der Waals surface area contributed by atoms with Gasteiger partial charge < -0.3 is 12.3 Å². The molecule has 0 atom stereocenters. The molecule has 0 rings (SSSR count). The second-order valence-corrected chi connectivity index (χ2v) is 17.7. The summed E-state index contributed by atoms with van der Waals surface area (Å²) in [5.74, 6) is 0. The molecule has 0 saturated carbocycles. The van der Waals surface area contributed by atoms with Crippen LogP contribution in [0, 0.1) is 0 Å². The molecule has 0 aromatic rings. The van der Waals surface area contributed by atoms with Gasteiger partial charge in [0, 0.05) is 0 Å². The zero-order chi connectivity index (χ0) is 12.3. The second kappa shape index (κ2) is 14.7. The molecular formula is C13H46O3Si4. The number of hydrogen-bond acceptors (Lipinski definition) is 3. The second-order valence-electron chi connectivity index (χ2n) is 5.23. The molecule has 0 aromatic heterocycles. The Morgan fingerprint density at radius 1 is 0.550 bits per heavy atom. The molecule has 0 heterocycles. The molecule has 0 saturated heterocycles. The summed E-state index contributed by atoms with van der Waals surface area (Å²) in [7, 11) is -5.91. The lowest BCUT2D eigenvalue weighted by Crippen LogP contribution is -2.51. The van der Waals surface area contributed by atoms with Crippen molar-refractivity contribution in [2.45, 2.75) is 89.5 Å². The fraction of sp³-hybridized carbons (Fsp3) is 1.00. The SMILES string of the molecule is C.C.C.C.C.C[SiH](C)O[Si](C)(C)O[Si](C)(C)O[SiH](C)C. The van der Waals surface area contributed by atoms with E-state index < -0.39 is 35.2 Å². The summed E-state index contributed by atoms with van der Waals surface area (Å²) in [5, 5.41) is 0. The molecule has 132 valence electrons. The highest BCUT2D eigenvalue weighted by Crippen LogP contribution is 2.18. The van der Waals surface area contributed by atoms with Gasteiger partial charge in [0.05, 0.1) is 0 Å². The largest absolute Gasteiger partial charge is 0.440 e. The third-order valence-corrected chi connectivity index (χ3v) is 13.8. The van der Waals surface area contributed by atoms with Crippen LogP contribution < -0.4 is 0 Å². The van der Waals surface area contributed by atoms with Crippen LogP contribution in [0.4, 0.5) is 0 Å². The highest BCUT2D eigenvalue weighted by molar-refractivity contribution is 6.84. The quantitative estimate of drug-likeness (QED) is 0.577. The van der Waals surface area contributed by atoms with Crippen molar-refractivity contribution < 1.29 is 12.3 Å². The minimum Gasteiger partial charge on any atom is -0.440 e. The first-order valence-electron chi connectivity index (χ1n) is 5.60. The van der Waals surface area contributed by atoms with Gasteiger partial charge in [-0.1, -0.05) is 37.1 Å². The summed E-state index contributed by atoms with van der Waals surface area (Å²) in [6.45, 7) is 17.2. The number of hydrogen-bond donors (Lipinski definition) is 0. The molecule has 0 aliphatic heterocycles. The summed E-state index contributed by atoms with van der Waals surface area (Å²) >= 11 is 0. The van der Waals surface area contributed by atoms with E-state index in [0.717, 1.165) is 0 Å². The average molecular weight is 363 g/mol. The van der Waals surface area contributed by atoms with Gasteiger partial charge in [0.2, 0.25) is 0 Å². The maximum atomic E-state index is 6.15. The van der Waals surface area contributed by atoms with Crippen molar-refractivity contribution in [1.82, 2.24) is 0 Å². The smallest absolute Gasteiger partial charge is 0.312 e. The van der Waals surface area contributed by atoms with E-state index in [2.05, 4.69) is 52.4 Å². The minimum atomic E-state index is -1.95. The van der Waals surface area contributed by atoms with Gasteiger partial charge in [0.1, 0.15) is 0 Å². The minimum absolute atomic E-state index is 0. The molecule has 0 unspecified atom stereocenters. The van der Waals surface area contributed by atoms with Crippen LogP contribution in [-0.4, -0.2) is 35.2 Å². The standard InChI is InChI=1S/C8H26O3Si4.5CH4/c1-12(2)9-14(5,6)11-15(7,8)10-13(3)4;;;;;/h12-13H,1-8H3;5*1H4. The van der Waals surface area contributed by atoms with Crippen molar-refractivity contribution >= 4 is 35.2 Å². The summed E-state index contributed by atoms with van der Waals surface area (Å²) in [6.07, 6.45) is 0. The van der Waals surface area contributed by atoms with E-state index in [4.69, 9.17) is 12.3 Å². The third-order valence-electron chi connectivity index (χ3n) is 1.53. The van der Waals surface area contributed by atoms with Crippen LogP contribution in [0.1, 0.15) is 37.1 Å². The maximum Gasteiger partial charge on any atom is 0.312 e. The Bertz CT molecular complexity index is 178. The topological polar surface area (TPSA) is 27.7 Å². The Balaban J connectivity index is -0.0000000980. The lowest BCUT2D eigenvalue weighted by molar-refractivity contribution is 0.340. The van der Waals surface area contributed by atoms with Crippen molar-refractivity contribution in [2.75, 3.05) is 0 Å². The molecule has 0 aliphatic carbocycles.